The topological polar surface area (TPSA) is 58.6 Å². The molecule has 192 valence electrons. The fourth-order valence-corrected chi connectivity index (χ4v) is 5.81. The fourth-order valence-electron chi connectivity index (χ4n) is 4.63. The molecule has 0 aliphatic rings. The van der Waals surface area contributed by atoms with Gasteiger partial charge < -0.3 is 15.0 Å². The number of carbonyl (C=O) groups is 1. The Morgan fingerprint density at radius 3 is 2.34 bits per heavy atom. The van der Waals surface area contributed by atoms with Crippen LogP contribution >= 0.6 is 11.3 Å². The minimum absolute atomic E-state index is 0.0389. The molecule has 5 rings (SSSR count). The summed E-state index contributed by atoms with van der Waals surface area (Å²) in [6, 6.07) is 29.1. The summed E-state index contributed by atoms with van der Waals surface area (Å²) in [7, 11) is 3.81. The second kappa shape index (κ2) is 11.6. The van der Waals surface area contributed by atoms with Gasteiger partial charge in [0, 0.05) is 27.7 Å². The standard InChI is InChI=1S/C32H30N2O3S/c1-34(21-23-14-18-25(37-2)19-15-23)20-6-7-22-12-16-24(17-13-22)33-32(36)28-10-5-9-27-30(35)26-8-3-4-11-29(26)38-31(27)28/h3-5,8-19H,6-7,20-21H2,1-2H3,(H,33,36). The van der Waals surface area contributed by atoms with Crippen LogP contribution in [-0.2, 0) is 13.0 Å². The second-order valence-electron chi connectivity index (χ2n) is 9.45. The zero-order valence-electron chi connectivity index (χ0n) is 21.6. The van der Waals surface area contributed by atoms with Crippen molar-refractivity contribution in [3.05, 3.63) is 118 Å². The summed E-state index contributed by atoms with van der Waals surface area (Å²) in [5.41, 5.74) is 3.71. The Kier molecular flexibility index (Phi) is 7.82. The van der Waals surface area contributed by atoms with Crippen LogP contribution in [0.2, 0.25) is 0 Å². The Morgan fingerprint density at radius 2 is 1.58 bits per heavy atom. The highest BCUT2D eigenvalue weighted by Crippen LogP contribution is 2.28. The van der Waals surface area contributed by atoms with Gasteiger partial charge in [0.05, 0.1) is 17.4 Å². The van der Waals surface area contributed by atoms with E-state index >= 15 is 0 Å². The summed E-state index contributed by atoms with van der Waals surface area (Å²) in [6.07, 6.45) is 2.01. The van der Waals surface area contributed by atoms with Crippen molar-refractivity contribution in [3.8, 4) is 5.75 Å². The van der Waals surface area contributed by atoms with Gasteiger partial charge in [-0.05, 0) is 86.1 Å². The van der Waals surface area contributed by atoms with Gasteiger partial charge in [-0.2, -0.15) is 0 Å². The van der Waals surface area contributed by atoms with Crippen LogP contribution in [-0.4, -0.2) is 31.5 Å². The quantitative estimate of drug-likeness (QED) is 0.218. The second-order valence-corrected chi connectivity index (χ2v) is 10.5. The number of amides is 1. The van der Waals surface area contributed by atoms with E-state index in [4.69, 9.17) is 4.74 Å². The summed E-state index contributed by atoms with van der Waals surface area (Å²) < 4.78 is 6.82. The Hall–Kier alpha value is -4.00. The molecule has 0 radical (unpaired) electrons. The first-order valence-electron chi connectivity index (χ1n) is 12.7. The predicted molar refractivity (Wildman–Crippen MR) is 158 cm³/mol. The maximum absolute atomic E-state index is 13.2. The highest BCUT2D eigenvalue weighted by Gasteiger charge is 2.14. The molecule has 0 saturated heterocycles. The molecule has 38 heavy (non-hydrogen) atoms. The van der Waals surface area contributed by atoms with Crippen molar-refractivity contribution in [2.75, 3.05) is 26.0 Å². The summed E-state index contributed by atoms with van der Waals surface area (Å²) >= 11 is 1.48. The van der Waals surface area contributed by atoms with Gasteiger partial charge in [-0.25, -0.2) is 0 Å². The third-order valence-corrected chi connectivity index (χ3v) is 7.90. The first-order valence-corrected chi connectivity index (χ1v) is 13.5. The Labute approximate surface area is 226 Å². The molecule has 0 fully saturated rings. The third kappa shape index (κ3) is 5.77. The van der Waals surface area contributed by atoms with Crippen molar-refractivity contribution < 1.29 is 9.53 Å². The third-order valence-electron chi connectivity index (χ3n) is 6.68. The SMILES string of the molecule is COc1ccc(CN(C)CCCc2ccc(NC(=O)c3cccc4c(=O)c5ccccc5sc34)cc2)cc1. The molecule has 1 N–H and O–H groups in total. The molecule has 4 aromatic carbocycles. The smallest absolute Gasteiger partial charge is 0.257 e. The van der Waals surface area contributed by atoms with Gasteiger partial charge in [-0.1, -0.05) is 42.5 Å². The molecule has 0 unspecified atom stereocenters. The van der Waals surface area contributed by atoms with Crippen LogP contribution in [0, 0.1) is 0 Å². The summed E-state index contributed by atoms with van der Waals surface area (Å²) in [5.74, 6) is 0.661. The molecule has 6 heteroatoms. The molecule has 5 nitrogen and oxygen atoms in total. The van der Waals surface area contributed by atoms with Crippen molar-refractivity contribution in [2.45, 2.75) is 19.4 Å². The minimum Gasteiger partial charge on any atom is -0.497 e. The van der Waals surface area contributed by atoms with Crippen molar-refractivity contribution >= 4 is 43.1 Å². The molecular weight excluding hydrogens is 492 g/mol. The lowest BCUT2D eigenvalue weighted by Crippen LogP contribution is -2.19. The molecule has 0 spiro atoms. The monoisotopic (exact) mass is 522 g/mol. The Bertz CT molecular complexity index is 1630. The number of benzene rings is 4. The first-order chi connectivity index (χ1) is 18.5. The van der Waals surface area contributed by atoms with Gasteiger partial charge in [-0.3, -0.25) is 9.59 Å². The normalized spacial score (nSPS) is 11.2. The van der Waals surface area contributed by atoms with E-state index in [1.807, 2.05) is 48.5 Å². The summed E-state index contributed by atoms with van der Waals surface area (Å²) in [5, 5.41) is 4.27. The number of aryl methyl sites for hydroxylation is 1. The van der Waals surface area contributed by atoms with Gasteiger partial charge in [-0.15, -0.1) is 11.3 Å². The lowest BCUT2D eigenvalue weighted by atomic mass is 10.1. The number of nitrogens with one attached hydrogen (secondary N) is 1. The molecule has 1 heterocycles. The molecule has 5 aromatic rings. The number of fused-ring (bicyclic) bond motifs is 2. The number of anilines is 1. The van der Waals surface area contributed by atoms with Crippen LogP contribution in [0.15, 0.2) is 95.8 Å². The van der Waals surface area contributed by atoms with E-state index in [9.17, 15) is 9.59 Å². The fraction of sp³-hybridized carbons (Fsp3) is 0.188. The zero-order valence-corrected chi connectivity index (χ0v) is 22.4. The van der Waals surface area contributed by atoms with Crippen LogP contribution in [0.5, 0.6) is 5.75 Å². The average molecular weight is 523 g/mol. The van der Waals surface area contributed by atoms with Crippen LogP contribution in [0.25, 0.3) is 20.2 Å². The average Bonchev–Trinajstić information content (AvgIpc) is 2.94. The number of hydrogen-bond donors (Lipinski definition) is 1. The van der Waals surface area contributed by atoms with Crippen LogP contribution < -0.4 is 15.5 Å². The molecule has 0 aliphatic heterocycles. The predicted octanol–water partition coefficient (Wildman–Crippen LogP) is 6.74. The number of ether oxygens (including phenoxy) is 1. The van der Waals surface area contributed by atoms with Crippen molar-refractivity contribution in [3.63, 3.8) is 0 Å². The van der Waals surface area contributed by atoms with Gasteiger partial charge in [0.2, 0.25) is 0 Å². The zero-order chi connectivity index (χ0) is 26.5. The molecule has 0 atom stereocenters. The van der Waals surface area contributed by atoms with E-state index in [1.54, 1.807) is 25.3 Å². The summed E-state index contributed by atoms with van der Waals surface area (Å²) in [4.78, 5) is 28.5. The maximum Gasteiger partial charge on any atom is 0.257 e. The molecular formula is C32H30N2O3S. The molecule has 0 aliphatic carbocycles. The number of methoxy groups -OCH3 is 1. The molecule has 0 saturated carbocycles. The van der Waals surface area contributed by atoms with Gasteiger partial charge in [0.1, 0.15) is 5.75 Å². The lowest BCUT2D eigenvalue weighted by molar-refractivity contribution is 0.102. The van der Waals surface area contributed by atoms with E-state index in [0.29, 0.717) is 21.0 Å². The minimum atomic E-state index is -0.213. The highest BCUT2D eigenvalue weighted by molar-refractivity contribution is 7.24. The molecule has 0 bridgehead atoms. The van der Waals surface area contributed by atoms with E-state index in [2.05, 4.69) is 41.5 Å². The van der Waals surface area contributed by atoms with Crippen LogP contribution in [0.1, 0.15) is 27.9 Å². The maximum atomic E-state index is 13.2. The van der Waals surface area contributed by atoms with Crippen LogP contribution in [0.3, 0.4) is 0 Å². The highest BCUT2D eigenvalue weighted by atomic mass is 32.1. The Morgan fingerprint density at radius 1 is 0.868 bits per heavy atom. The van der Waals surface area contributed by atoms with E-state index in [0.717, 1.165) is 42.1 Å². The largest absolute Gasteiger partial charge is 0.497 e. The number of rotatable bonds is 9. The number of hydrogen-bond acceptors (Lipinski definition) is 5. The number of nitrogens with zero attached hydrogens (tertiary/aromatic N) is 1. The van der Waals surface area contributed by atoms with E-state index in [-0.39, 0.29) is 11.3 Å². The molecule has 1 amide bonds. The first kappa shape index (κ1) is 25.6. The van der Waals surface area contributed by atoms with Crippen molar-refractivity contribution in [1.82, 2.24) is 4.90 Å². The summed E-state index contributed by atoms with van der Waals surface area (Å²) in [6.45, 7) is 1.89. The van der Waals surface area contributed by atoms with E-state index < -0.39 is 0 Å². The van der Waals surface area contributed by atoms with Gasteiger partial charge >= 0.3 is 0 Å². The Balaban J connectivity index is 1.19. The van der Waals surface area contributed by atoms with Crippen LogP contribution in [0.4, 0.5) is 5.69 Å². The van der Waals surface area contributed by atoms with Crippen molar-refractivity contribution in [2.24, 2.45) is 0 Å². The van der Waals surface area contributed by atoms with Gasteiger partial charge in [0.25, 0.3) is 5.91 Å². The number of carbonyl (C=O) groups excluding carboxylic acids is 1. The van der Waals surface area contributed by atoms with Crippen molar-refractivity contribution in [1.29, 1.82) is 0 Å². The molecule has 1 aromatic heterocycles. The lowest BCUT2D eigenvalue weighted by Gasteiger charge is -2.17. The van der Waals surface area contributed by atoms with E-state index in [1.165, 1.54) is 22.5 Å². The van der Waals surface area contributed by atoms with Gasteiger partial charge in [0.15, 0.2) is 5.43 Å².